The highest BCUT2D eigenvalue weighted by molar-refractivity contribution is 6.10. The lowest BCUT2D eigenvalue weighted by atomic mass is 10.0. The zero-order chi connectivity index (χ0) is 29.3. The van der Waals surface area contributed by atoms with Crippen molar-refractivity contribution in [3.05, 3.63) is 164 Å². The number of benzene rings is 5. The summed E-state index contributed by atoms with van der Waals surface area (Å²) in [6.07, 6.45) is 3.68. The Bertz CT molecular complexity index is 2260. The van der Waals surface area contributed by atoms with Crippen LogP contribution in [0.4, 0.5) is 0 Å². The van der Waals surface area contributed by atoms with Crippen molar-refractivity contribution in [1.29, 1.82) is 0 Å². The van der Waals surface area contributed by atoms with Gasteiger partial charge in [-0.3, -0.25) is 4.57 Å². The number of ether oxygens (including phenoxy) is 1. The van der Waals surface area contributed by atoms with E-state index in [1.807, 2.05) is 54.7 Å². The molecular formula is C40H27N3O. The molecule has 3 aromatic heterocycles. The Labute approximate surface area is 255 Å². The zero-order valence-corrected chi connectivity index (χ0v) is 23.8. The Kier molecular flexibility index (Phi) is 6.43. The molecule has 8 aromatic rings. The summed E-state index contributed by atoms with van der Waals surface area (Å²) < 4.78 is 8.52. The molecule has 0 unspecified atom stereocenters. The fraction of sp³-hybridized carbons (Fsp3) is 0. The maximum absolute atomic E-state index is 6.26. The Hall–Kier alpha value is -6.00. The van der Waals surface area contributed by atoms with Gasteiger partial charge in [0.15, 0.2) is 0 Å². The summed E-state index contributed by atoms with van der Waals surface area (Å²) in [4.78, 5) is 9.31. The molecule has 0 bridgehead atoms. The van der Waals surface area contributed by atoms with Crippen molar-refractivity contribution >= 4 is 21.8 Å². The fourth-order valence-corrected chi connectivity index (χ4v) is 5.88. The highest BCUT2D eigenvalue weighted by Crippen LogP contribution is 2.36. The Morgan fingerprint density at radius 2 is 1.02 bits per heavy atom. The molecule has 4 nitrogen and oxygen atoms in total. The van der Waals surface area contributed by atoms with Gasteiger partial charge in [0.05, 0.1) is 11.0 Å². The number of fused-ring (bicyclic) bond motifs is 3. The number of pyridine rings is 2. The van der Waals surface area contributed by atoms with Crippen LogP contribution in [-0.4, -0.2) is 14.5 Å². The normalized spacial score (nSPS) is 11.2. The number of hydrogen-bond donors (Lipinski definition) is 0. The summed E-state index contributed by atoms with van der Waals surface area (Å²) in [5.41, 5.74) is 8.87. The highest BCUT2D eigenvalue weighted by atomic mass is 16.5. The van der Waals surface area contributed by atoms with E-state index in [0.29, 0.717) is 5.88 Å². The second-order valence-corrected chi connectivity index (χ2v) is 10.7. The molecule has 0 amide bonds. The van der Waals surface area contributed by atoms with Gasteiger partial charge in [0, 0.05) is 29.2 Å². The van der Waals surface area contributed by atoms with E-state index in [1.165, 1.54) is 16.3 Å². The molecular weight excluding hydrogens is 538 g/mol. The van der Waals surface area contributed by atoms with Crippen molar-refractivity contribution in [1.82, 2.24) is 14.5 Å². The van der Waals surface area contributed by atoms with E-state index in [0.717, 1.165) is 50.4 Å². The molecule has 0 radical (unpaired) electrons. The van der Waals surface area contributed by atoms with Gasteiger partial charge < -0.3 is 4.74 Å². The van der Waals surface area contributed by atoms with Crippen molar-refractivity contribution in [2.45, 2.75) is 0 Å². The molecule has 0 fully saturated rings. The summed E-state index contributed by atoms with van der Waals surface area (Å²) in [5.74, 6) is 2.18. The molecule has 0 aliphatic carbocycles. The first-order valence-corrected chi connectivity index (χ1v) is 14.6. The molecule has 0 atom stereocenters. The third-order valence-corrected chi connectivity index (χ3v) is 7.99. The van der Waals surface area contributed by atoms with Gasteiger partial charge in [-0.15, -0.1) is 0 Å². The van der Waals surface area contributed by atoms with Crippen LogP contribution in [-0.2, 0) is 0 Å². The minimum atomic E-state index is 0.559. The van der Waals surface area contributed by atoms with Crippen molar-refractivity contribution in [2.24, 2.45) is 0 Å². The molecule has 0 saturated heterocycles. The first-order chi connectivity index (χ1) is 21.8. The molecule has 8 rings (SSSR count). The van der Waals surface area contributed by atoms with E-state index < -0.39 is 0 Å². The molecule has 3 heterocycles. The minimum absolute atomic E-state index is 0.559. The molecule has 208 valence electrons. The first-order valence-electron chi connectivity index (χ1n) is 14.6. The van der Waals surface area contributed by atoms with E-state index in [2.05, 4.69) is 113 Å². The SMILES string of the molecule is c1ccc(-c2ccnc(Oc3cccc(-c4ccc5c6ccccc6n(-c6cc(-c7ccccc7)ccn6)c5c4)c3)c2)cc1. The van der Waals surface area contributed by atoms with Crippen LogP contribution in [0.2, 0.25) is 0 Å². The van der Waals surface area contributed by atoms with Crippen LogP contribution in [0.3, 0.4) is 0 Å². The lowest BCUT2D eigenvalue weighted by Crippen LogP contribution is -1.97. The number of nitrogens with zero attached hydrogens (tertiary/aromatic N) is 3. The third kappa shape index (κ3) is 4.79. The van der Waals surface area contributed by atoms with Crippen LogP contribution in [0.1, 0.15) is 0 Å². The largest absolute Gasteiger partial charge is 0.439 e. The van der Waals surface area contributed by atoms with Crippen molar-refractivity contribution in [3.63, 3.8) is 0 Å². The number of hydrogen-bond acceptors (Lipinski definition) is 3. The van der Waals surface area contributed by atoms with E-state index >= 15 is 0 Å². The minimum Gasteiger partial charge on any atom is -0.439 e. The summed E-state index contributed by atoms with van der Waals surface area (Å²) in [5, 5.41) is 2.38. The molecule has 0 aliphatic heterocycles. The van der Waals surface area contributed by atoms with Gasteiger partial charge in [-0.2, -0.15) is 0 Å². The summed E-state index contributed by atoms with van der Waals surface area (Å²) in [6, 6.07) is 52.2. The molecule has 0 N–H and O–H groups in total. The van der Waals surface area contributed by atoms with Gasteiger partial charge in [-0.05, 0) is 75.8 Å². The Morgan fingerprint density at radius 3 is 1.82 bits per heavy atom. The zero-order valence-electron chi connectivity index (χ0n) is 23.8. The van der Waals surface area contributed by atoms with E-state index in [4.69, 9.17) is 9.72 Å². The maximum atomic E-state index is 6.26. The predicted octanol–water partition coefficient (Wildman–Crippen LogP) is 10.4. The van der Waals surface area contributed by atoms with Crippen LogP contribution < -0.4 is 4.74 Å². The summed E-state index contributed by atoms with van der Waals surface area (Å²) in [7, 11) is 0. The number of para-hydroxylation sites is 1. The smallest absolute Gasteiger partial charge is 0.219 e. The highest BCUT2D eigenvalue weighted by Gasteiger charge is 2.15. The monoisotopic (exact) mass is 565 g/mol. The quantitative estimate of drug-likeness (QED) is 0.201. The van der Waals surface area contributed by atoms with Gasteiger partial charge >= 0.3 is 0 Å². The molecule has 0 spiro atoms. The summed E-state index contributed by atoms with van der Waals surface area (Å²) in [6.45, 7) is 0. The molecule has 5 aromatic carbocycles. The van der Waals surface area contributed by atoms with Crippen LogP contribution >= 0.6 is 0 Å². The second-order valence-electron chi connectivity index (χ2n) is 10.7. The third-order valence-electron chi connectivity index (χ3n) is 7.99. The van der Waals surface area contributed by atoms with Gasteiger partial charge in [0.1, 0.15) is 11.6 Å². The van der Waals surface area contributed by atoms with Gasteiger partial charge in [-0.25, -0.2) is 9.97 Å². The molecule has 0 saturated carbocycles. The average molecular weight is 566 g/mol. The second kappa shape index (κ2) is 11.0. The standard InChI is InChI=1S/C40H27N3O/c1-3-10-28(11-4-1)32-20-22-41-39(26-32)43-37-17-8-7-16-35(37)36-19-18-31(25-38(36)43)30-14-9-15-34(24-30)44-40-27-33(21-23-42-40)29-12-5-2-6-13-29/h1-27H. The van der Waals surface area contributed by atoms with Crippen molar-refractivity contribution in [2.75, 3.05) is 0 Å². The first kappa shape index (κ1) is 25.7. The predicted molar refractivity (Wildman–Crippen MR) is 179 cm³/mol. The number of rotatable bonds is 6. The van der Waals surface area contributed by atoms with Gasteiger partial charge in [-0.1, -0.05) is 103 Å². The van der Waals surface area contributed by atoms with Crippen LogP contribution in [0.15, 0.2) is 164 Å². The van der Waals surface area contributed by atoms with Crippen molar-refractivity contribution in [3.8, 4) is 50.8 Å². The maximum Gasteiger partial charge on any atom is 0.219 e. The summed E-state index contributed by atoms with van der Waals surface area (Å²) >= 11 is 0. The molecule has 44 heavy (non-hydrogen) atoms. The lowest BCUT2D eigenvalue weighted by Gasteiger charge is -2.11. The van der Waals surface area contributed by atoms with Crippen LogP contribution in [0.5, 0.6) is 11.6 Å². The van der Waals surface area contributed by atoms with Crippen LogP contribution in [0, 0.1) is 0 Å². The number of aromatic nitrogens is 3. The molecule has 0 aliphatic rings. The van der Waals surface area contributed by atoms with E-state index in [9.17, 15) is 0 Å². The van der Waals surface area contributed by atoms with E-state index in [-0.39, 0.29) is 0 Å². The average Bonchev–Trinajstić information content (AvgIpc) is 3.43. The molecule has 4 heteroatoms. The topological polar surface area (TPSA) is 39.9 Å². The Morgan fingerprint density at radius 1 is 0.409 bits per heavy atom. The Balaban J connectivity index is 1.19. The van der Waals surface area contributed by atoms with Gasteiger partial charge in [0.2, 0.25) is 5.88 Å². The van der Waals surface area contributed by atoms with E-state index in [1.54, 1.807) is 6.20 Å². The lowest BCUT2D eigenvalue weighted by molar-refractivity contribution is 0.463. The van der Waals surface area contributed by atoms with Gasteiger partial charge in [0.25, 0.3) is 0 Å². The van der Waals surface area contributed by atoms with Crippen molar-refractivity contribution < 1.29 is 4.74 Å². The fourth-order valence-electron chi connectivity index (χ4n) is 5.88. The van der Waals surface area contributed by atoms with Crippen LogP contribution in [0.25, 0.3) is 61.0 Å².